The molecule has 106 valence electrons. The lowest BCUT2D eigenvalue weighted by Crippen LogP contribution is -2.02. The molecule has 0 saturated heterocycles. The van der Waals surface area contributed by atoms with Gasteiger partial charge in [0, 0.05) is 12.6 Å². The molecule has 3 nitrogen and oxygen atoms in total. The lowest BCUT2D eigenvalue weighted by atomic mass is 10.2. The molecule has 2 aromatic rings. The van der Waals surface area contributed by atoms with E-state index in [4.69, 9.17) is 9.47 Å². The fourth-order valence-electron chi connectivity index (χ4n) is 1.88. The first-order chi connectivity index (χ1) is 9.72. The van der Waals surface area contributed by atoms with E-state index in [2.05, 4.69) is 5.32 Å². The van der Waals surface area contributed by atoms with Crippen LogP contribution in [0.5, 0.6) is 11.5 Å². The molecule has 2 aromatic carbocycles. The molecule has 0 aliphatic rings. The van der Waals surface area contributed by atoms with Gasteiger partial charge in [-0.3, -0.25) is 0 Å². The van der Waals surface area contributed by atoms with Crippen LogP contribution in [0.25, 0.3) is 0 Å². The number of rotatable bonds is 6. The van der Waals surface area contributed by atoms with E-state index in [9.17, 15) is 4.39 Å². The summed E-state index contributed by atoms with van der Waals surface area (Å²) in [6.45, 7) is 3.25. The van der Waals surface area contributed by atoms with Crippen molar-refractivity contribution in [3.63, 3.8) is 0 Å². The number of hydrogen-bond acceptors (Lipinski definition) is 3. The van der Waals surface area contributed by atoms with Gasteiger partial charge < -0.3 is 14.8 Å². The quantitative estimate of drug-likeness (QED) is 0.868. The number of methoxy groups -OCH3 is 1. The number of ether oxygens (including phenoxy) is 2. The molecule has 0 spiro atoms. The fourth-order valence-corrected chi connectivity index (χ4v) is 1.88. The van der Waals surface area contributed by atoms with Crippen molar-refractivity contribution in [3.8, 4) is 11.5 Å². The van der Waals surface area contributed by atoms with Crippen LogP contribution in [0.15, 0.2) is 42.5 Å². The summed E-state index contributed by atoms with van der Waals surface area (Å²) in [5.74, 6) is 1.04. The van der Waals surface area contributed by atoms with Crippen molar-refractivity contribution in [2.75, 3.05) is 19.0 Å². The van der Waals surface area contributed by atoms with Crippen molar-refractivity contribution >= 4 is 5.69 Å². The summed E-state index contributed by atoms with van der Waals surface area (Å²) in [6.07, 6.45) is 0. The van der Waals surface area contributed by atoms with E-state index < -0.39 is 0 Å². The van der Waals surface area contributed by atoms with Crippen molar-refractivity contribution in [2.45, 2.75) is 13.5 Å². The van der Waals surface area contributed by atoms with E-state index in [1.54, 1.807) is 6.07 Å². The summed E-state index contributed by atoms with van der Waals surface area (Å²) in [7, 11) is 1.52. The Morgan fingerprint density at radius 2 is 1.85 bits per heavy atom. The number of hydrogen-bond donors (Lipinski definition) is 1. The molecule has 0 fully saturated rings. The molecule has 0 aliphatic heterocycles. The normalized spacial score (nSPS) is 10.2. The van der Waals surface area contributed by atoms with E-state index in [-0.39, 0.29) is 5.82 Å². The first-order valence-corrected chi connectivity index (χ1v) is 6.52. The summed E-state index contributed by atoms with van der Waals surface area (Å²) in [4.78, 5) is 0. The Bertz CT molecular complexity index is 555. The highest BCUT2D eigenvalue weighted by Gasteiger charge is 2.04. The van der Waals surface area contributed by atoms with E-state index >= 15 is 0 Å². The summed E-state index contributed by atoms with van der Waals surface area (Å²) in [6, 6.07) is 12.3. The van der Waals surface area contributed by atoms with Crippen LogP contribution in [-0.4, -0.2) is 13.7 Å². The maximum Gasteiger partial charge on any atom is 0.144 e. The smallest absolute Gasteiger partial charge is 0.144 e. The Balaban J connectivity index is 2.01. The SMILES string of the molecule is CCOc1ccc(CNc2ccc(F)cc2OC)cc1. The third-order valence-corrected chi connectivity index (χ3v) is 2.88. The Morgan fingerprint density at radius 3 is 2.50 bits per heavy atom. The van der Waals surface area contributed by atoms with Crippen molar-refractivity contribution in [1.29, 1.82) is 0 Å². The van der Waals surface area contributed by atoms with Gasteiger partial charge in [0.25, 0.3) is 0 Å². The zero-order valence-corrected chi connectivity index (χ0v) is 11.7. The average Bonchev–Trinajstić information content (AvgIpc) is 2.47. The first-order valence-electron chi connectivity index (χ1n) is 6.52. The second kappa shape index (κ2) is 6.80. The maximum absolute atomic E-state index is 13.1. The molecule has 0 atom stereocenters. The Morgan fingerprint density at radius 1 is 1.10 bits per heavy atom. The third-order valence-electron chi connectivity index (χ3n) is 2.88. The highest BCUT2D eigenvalue weighted by molar-refractivity contribution is 5.56. The Hall–Kier alpha value is -2.23. The van der Waals surface area contributed by atoms with Crippen LogP contribution in [0, 0.1) is 5.82 Å². The summed E-state index contributed by atoms with van der Waals surface area (Å²) >= 11 is 0. The van der Waals surface area contributed by atoms with Gasteiger partial charge in [-0.25, -0.2) is 4.39 Å². The molecule has 0 unspecified atom stereocenters. The molecule has 0 aliphatic carbocycles. The van der Waals surface area contributed by atoms with E-state index in [1.165, 1.54) is 19.2 Å². The first kappa shape index (κ1) is 14.2. The summed E-state index contributed by atoms with van der Waals surface area (Å²) in [5, 5.41) is 3.23. The summed E-state index contributed by atoms with van der Waals surface area (Å²) < 4.78 is 23.6. The van der Waals surface area contributed by atoms with Crippen LogP contribution >= 0.6 is 0 Å². The minimum atomic E-state index is -0.312. The van der Waals surface area contributed by atoms with Crippen LogP contribution < -0.4 is 14.8 Å². The molecule has 20 heavy (non-hydrogen) atoms. The molecule has 4 heteroatoms. The number of benzene rings is 2. The lowest BCUT2D eigenvalue weighted by Gasteiger charge is -2.11. The summed E-state index contributed by atoms with van der Waals surface area (Å²) in [5.41, 5.74) is 1.88. The Kier molecular flexibility index (Phi) is 4.82. The van der Waals surface area contributed by atoms with E-state index in [1.807, 2.05) is 31.2 Å². The molecule has 0 saturated carbocycles. The van der Waals surface area contributed by atoms with Crippen molar-refractivity contribution in [3.05, 3.63) is 53.8 Å². The highest BCUT2D eigenvalue weighted by Crippen LogP contribution is 2.25. The fraction of sp³-hybridized carbons (Fsp3) is 0.250. The van der Waals surface area contributed by atoms with E-state index in [0.717, 1.165) is 17.0 Å². The minimum absolute atomic E-state index is 0.312. The monoisotopic (exact) mass is 275 g/mol. The van der Waals surface area contributed by atoms with Crippen LogP contribution in [0.4, 0.5) is 10.1 Å². The molecule has 0 radical (unpaired) electrons. The topological polar surface area (TPSA) is 30.5 Å². The predicted molar refractivity (Wildman–Crippen MR) is 77.9 cm³/mol. The predicted octanol–water partition coefficient (Wildman–Crippen LogP) is 3.85. The van der Waals surface area contributed by atoms with Gasteiger partial charge in [0.2, 0.25) is 0 Å². The van der Waals surface area contributed by atoms with Gasteiger partial charge in [-0.05, 0) is 36.8 Å². The van der Waals surface area contributed by atoms with Crippen LogP contribution in [0.3, 0.4) is 0 Å². The lowest BCUT2D eigenvalue weighted by molar-refractivity contribution is 0.340. The van der Waals surface area contributed by atoms with E-state index in [0.29, 0.717) is 18.9 Å². The van der Waals surface area contributed by atoms with Crippen molar-refractivity contribution in [2.24, 2.45) is 0 Å². The standard InChI is InChI=1S/C16H18FNO2/c1-3-20-14-7-4-12(5-8-14)11-18-15-9-6-13(17)10-16(15)19-2/h4-10,18H,3,11H2,1-2H3. The number of nitrogens with one attached hydrogen (secondary N) is 1. The molecule has 0 amide bonds. The molecular weight excluding hydrogens is 257 g/mol. The van der Waals surface area contributed by atoms with Crippen molar-refractivity contribution in [1.82, 2.24) is 0 Å². The zero-order chi connectivity index (χ0) is 14.4. The molecule has 0 heterocycles. The van der Waals surface area contributed by atoms with Gasteiger partial charge in [-0.1, -0.05) is 12.1 Å². The highest BCUT2D eigenvalue weighted by atomic mass is 19.1. The maximum atomic E-state index is 13.1. The van der Waals surface area contributed by atoms with Gasteiger partial charge in [0.05, 0.1) is 19.4 Å². The third kappa shape index (κ3) is 3.63. The molecule has 1 N–H and O–H groups in total. The van der Waals surface area contributed by atoms with Gasteiger partial charge in [-0.2, -0.15) is 0 Å². The molecule has 0 aromatic heterocycles. The van der Waals surface area contributed by atoms with Crippen LogP contribution in [0.1, 0.15) is 12.5 Å². The van der Waals surface area contributed by atoms with Crippen LogP contribution in [-0.2, 0) is 6.54 Å². The Labute approximate surface area is 118 Å². The largest absolute Gasteiger partial charge is 0.494 e. The van der Waals surface area contributed by atoms with Crippen molar-refractivity contribution < 1.29 is 13.9 Å². The second-order valence-electron chi connectivity index (χ2n) is 4.28. The average molecular weight is 275 g/mol. The van der Waals surface area contributed by atoms with Gasteiger partial charge in [0.15, 0.2) is 0 Å². The number of halogens is 1. The minimum Gasteiger partial charge on any atom is -0.494 e. The molecule has 0 bridgehead atoms. The number of anilines is 1. The molecule has 2 rings (SSSR count). The van der Waals surface area contributed by atoms with Crippen LogP contribution in [0.2, 0.25) is 0 Å². The molecular formula is C16H18FNO2. The zero-order valence-electron chi connectivity index (χ0n) is 11.7. The van der Waals surface area contributed by atoms with Gasteiger partial charge in [-0.15, -0.1) is 0 Å². The van der Waals surface area contributed by atoms with Gasteiger partial charge in [0.1, 0.15) is 17.3 Å². The second-order valence-corrected chi connectivity index (χ2v) is 4.28. The van der Waals surface area contributed by atoms with Gasteiger partial charge >= 0.3 is 0 Å².